The van der Waals surface area contributed by atoms with Gasteiger partial charge in [-0.25, -0.2) is 0 Å². The molecule has 1 amide bonds. The van der Waals surface area contributed by atoms with E-state index in [1.165, 1.54) is 6.26 Å². The normalized spacial score (nSPS) is 9.90. The second-order valence-corrected chi connectivity index (χ2v) is 4.74. The Bertz CT molecular complexity index is 591. The van der Waals surface area contributed by atoms with Crippen LogP contribution in [0.5, 0.6) is 0 Å². The average molecular weight is 289 g/mol. The molecule has 20 heavy (non-hydrogen) atoms. The maximum atomic E-state index is 11.7. The summed E-state index contributed by atoms with van der Waals surface area (Å²) in [5.41, 5.74) is 1.89. The number of rotatable bonds is 3. The third kappa shape index (κ3) is 3.58. The molecule has 0 saturated carbocycles. The van der Waals surface area contributed by atoms with Crippen molar-refractivity contribution < 1.29 is 9.21 Å². The Morgan fingerprint density at radius 2 is 1.90 bits per heavy atom. The van der Waals surface area contributed by atoms with Crippen molar-refractivity contribution in [2.75, 3.05) is 24.3 Å². The first kappa shape index (κ1) is 14.1. The number of hydrogen-bond acceptors (Lipinski definition) is 4. The Labute approximate surface area is 122 Å². The van der Waals surface area contributed by atoms with E-state index in [-0.39, 0.29) is 16.8 Å². The van der Waals surface area contributed by atoms with Crippen LogP contribution in [0.3, 0.4) is 0 Å². The van der Waals surface area contributed by atoms with Crippen LogP contribution >= 0.6 is 12.2 Å². The predicted octanol–water partition coefficient (Wildman–Crippen LogP) is 2.47. The predicted molar refractivity (Wildman–Crippen MR) is 83.2 cm³/mol. The van der Waals surface area contributed by atoms with E-state index in [2.05, 4.69) is 10.6 Å². The molecule has 0 aliphatic rings. The molecule has 5 nitrogen and oxygen atoms in total. The van der Waals surface area contributed by atoms with Gasteiger partial charge in [0, 0.05) is 25.5 Å². The molecule has 1 aromatic carbocycles. The van der Waals surface area contributed by atoms with Crippen LogP contribution in [0.4, 0.5) is 11.4 Å². The van der Waals surface area contributed by atoms with Gasteiger partial charge in [0.1, 0.15) is 0 Å². The zero-order valence-corrected chi connectivity index (χ0v) is 12.0. The number of benzene rings is 1. The topological polar surface area (TPSA) is 57.5 Å². The fraction of sp³-hybridized carbons (Fsp3) is 0.143. The van der Waals surface area contributed by atoms with Crippen LogP contribution in [-0.4, -0.2) is 25.1 Å². The van der Waals surface area contributed by atoms with Gasteiger partial charge in [0.05, 0.1) is 6.26 Å². The summed E-state index contributed by atoms with van der Waals surface area (Å²) < 4.78 is 4.98. The molecule has 0 aliphatic carbocycles. The smallest absolute Gasteiger partial charge is 0.293 e. The van der Waals surface area contributed by atoms with Gasteiger partial charge >= 0.3 is 0 Å². The quantitative estimate of drug-likeness (QED) is 0.850. The maximum Gasteiger partial charge on any atom is 0.293 e. The van der Waals surface area contributed by atoms with Gasteiger partial charge in [-0.2, -0.15) is 0 Å². The number of hydrogen-bond donors (Lipinski definition) is 2. The van der Waals surface area contributed by atoms with Crippen LogP contribution < -0.4 is 15.5 Å². The van der Waals surface area contributed by atoms with E-state index in [1.807, 2.05) is 43.3 Å². The summed E-state index contributed by atoms with van der Waals surface area (Å²) in [5.74, 6) is -0.158. The molecule has 0 bridgehead atoms. The van der Waals surface area contributed by atoms with Gasteiger partial charge in [-0.15, -0.1) is 0 Å². The van der Waals surface area contributed by atoms with Crippen molar-refractivity contribution >= 4 is 34.6 Å². The van der Waals surface area contributed by atoms with Crippen LogP contribution in [0.15, 0.2) is 47.1 Å². The molecule has 6 heteroatoms. The van der Waals surface area contributed by atoms with Crippen LogP contribution in [-0.2, 0) is 0 Å². The van der Waals surface area contributed by atoms with Crippen molar-refractivity contribution in [2.24, 2.45) is 0 Å². The summed E-state index contributed by atoms with van der Waals surface area (Å²) >= 11 is 5.08. The zero-order chi connectivity index (χ0) is 14.5. The van der Waals surface area contributed by atoms with Crippen molar-refractivity contribution in [2.45, 2.75) is 0 Å². The molecule has 2 rings (SSSR count). The van der Waals surface area contributed by atoms with Gasteiger partial charge in [0.15, 0.2) is 10.9 Å². The van der Waals surface area contributed by atoms with Crippen molar-refractivity contribution in [3.8, 4) is 0 Å². The molecular weight excluding hydrogens is 274 g/mol. The second-order valence-electron chi connectivity index (χ2n) is 4.33. The van der Waals surface area contributed by atoms with Gasteiger partial charge in [0.25, 0.3) is 5.91 Å². The Balaban J connectivity index is 1.93. The number of nitrogens with one attached hydrogen (secondary N) is 2. The Kier molecular flexibility index (Phi) is 4.37. The third-order valence-corrected chi connectivity index (χ3v) is 2.82. The number of thiocarbonyl (C=S) groups is 1. The van der Waals surface area contributed by atoms with Crippen molar-refractivity contribution in [1.82, 2.24) is 5.32 Å². The summed E-state index contributed by atoms with van der Waals surface area (Å²) in [4.78, 5) is 13.7. The molecule has 0 saturated heterocycles. The summed E-state index contributed by atoms with van der Waals surface area (Å²) in [5, 5.41) is 5.71. The molecule has 104 valence electrons. The fourth-order valence-corrected chi connectivity index (χ4v) is 1.79. The van der Waals surface area contributed by atoms with Crippen molar-refractivity contribution in [3.05, 3.63) is 48.4 Å². The van der Waals surface area contributed by atoms with E-state index < -0.39 is 0 Å². The van der Waals surface area contributed by atoms with Crippen LogP contribution in [0.25, 0.3) is 0 Å². The molecule has 0 radical (unpaired) electrons. The van der Waals surface area contributed by atoms with Crippen LogP contribution in [0.1, 0.15) is 10.6 Å². The molecule has 0 fully saturated rings. The van der Waals surface area contributed by atoms with Crippen LogP contribution in [0, 0.1) is 0 Å². The number of carbonyl (C=O) groups excluding carboxylic acids is 1. The first-order valence-electron chi connectivity index (χ1n) is 5.99. The van der Waals surface area contributed by atoms with E-state index >= 15 is 0 Å². The van der Waals surface area contributed by atoms with Gasteiger partial charge in [-0.3, -0.25) is 10.1 Å². The minimum Gasteiger partial charge on any atom is -0.459 e. The lowest BCUT2D eigenvalue weighted by atomic mass is 10.2. The Morgan fingerprint density at radius 3 is 2.45 bits per heavy atom. The number of furan rings is 1. The minimum absolute atomic E-state index is 0.220. The highest BCUT2D eigenvalue weighted by Crippen LogP contribution is 2.15. The van der Waals surface area contributed by atoms with Gasteiger partial charge in [-0.1, -0.05) is 0 Å². The van der Waals surface area contributed by atoms with Gasteiger partial charge in [0.2, 0.25) is 0 Å². The highest BCUT2D eigenvalue weighted by Gasteiger charge is 2.10. The van der Waals surface area contributed by atoms with E-state index in [0.717, 1.165) is 11.4 Å². The molecule has 1 heterocycles. The van der Waals surface area contributed by atoms with E-state index in [9.17, 15) is 4.79 Å². The SMILES string of the molecule is CN(C)c1ccc(NC(=S)NC(=O)c2ccco2)cc1. The van der Waals surface area contributed by atoms with E-state index in [0.29, 0.717) is 0 Å². The van der Waals surface area contributed by atoms with Crippen molar-refractivity contribution in [3.63, 3.8) is 0 Å². The van der Waals surface area contributed by atoms with Crippen LogP contribution in [0.2, 0.25) is 0 Å². The highest BCUT2D eigenvalue weighted by molar-refractivity contribution is 7.80. The zero-order valence-electron chi connectivity index (χ0n) is 11.2. The monoisotopic (exact) mass is 289 g/mol. The molecule has 0 atom stereocenters. The lowest BCUT2D eigenvalue weighted by Gasteiger charge is -2.13. The molecule has 0 aliphatic heterocycles. The summed E-state index contributed by atoms with van der Waals surface area (Å²) in [6, 6.07) is 10.9. The third-order valence-electron chi connectivity index (χ3n) is 2.61. The molecule has 0 unspecified atom stereocenters. The maximum absolute atomic E-state index is 11.7. The number of carbonyl (C=O) groups is 1. The molecule has 2 aromatic rings. The van der Waals surface area contributed by atoms with Gasteiger partial charge < -0.3 is 14.6 Å². The molecule has 2 N–H and O–H groups in total. The van der Waals surface area contributed by atoms with E-state index in [4.69, 9.17) is 16.6 Å². The first-order chi connectivity index (χ1) is 9.56. The second kappa shape index (κ2) is 6.21. The molecular formula is C14H15N3O2S. The Morgan fingerprint density at radius 1 is 1.20 bits per heavy atom. The van der Waals surface area contributed by atoms with Crippen molar-refractivity contribution in [1.29, 1.82) is 0 Å². The number of amides is 1. The fourth-order valence-electron chi connectivity index (χ4n) is 1.58. The standard InChI is InChI=1S/C14H15N3O2S/c1-17(2)11-7-5-10(6-8-11)15-14(20)16-13(18)12-4-3-9-19-12/h3-9H,1-2H3,(H2,15,16,18,20). The molecule has 0 spiro atoms. The van der Waals surface area contributed by atoms with E-state index in [1.54, 1.807) is 12.1 Å². The highest BCUT2D eigenvalue weighted by atomic mass is 32.1. The first-order valence-corrected chi connectivity index (χ1v) is 6.40. The Hall–Kier alpha value is -2.34. The van der Waals surface area contributed by atoms with Gasteiger partial charge in [-0.05, 0) is 48.6 Å². The summed E-state index contributed by atoms with van der Waals surface area (Å²) in [7, 11) is 3.94. The molecule has 1 aromatic heterocycles. The minimum atomic E-state index is -0.377. The number of anilines is 2. The largest absolute Gasteiger partial charge is 0.459 e. The lowest BCUT2D eigenvalue weighted by Crippen LogP contribution is -2.33. The summed E-state index contributed by atoms with van der Waals surface area (Å²) in [6.45, 7) is 0. The number of nitrogens with zero attached hydrogens (tertiary/aromatic N) is 1. The summed E-state index contributed by atoms with van der Waals surface area (Å²) in [6.07, 6.45) is 1.44. The average Bonchev–Trinajstić information content (AvgIpc) is 2.93. The lowest BCUT2D eigenvalue weighted by molar-refractivity contribution is 0.0950.